The first kappa shape index (κ1) is 29.3. The second-order valence-corrected chi connectivity index (χ2v) is 0.957. The van der Waals surface area contributed by atoms with E-state index in [1.54, 1.807) is 0 Å². The van der Waals surface area contributed by atoms with Crippen molar-refractivity contribution in [2.45, 2.75) is 0 Å². The summed E-state index contributed by atoms with van der Waals surface area (Å²) in [4.78, 5) is 33.9. The van der Waals surface area contributed by atoms with E-state index >= 15 is 0 Å². The Morgan fingerprint density at radius 1 is 1.00 bits per heavy atom. The van der Waals surface area contributed by atoms with Crippen LogP contribution in [0.5, 0.6) is 0 Å². The molecule has 8 nitrogen and oxygen atoms in total. The van der Waals surface area contributed by atoms with Crippen LogP contribution in [0, 0.1) is 0 Å². The molecule has 0 aliphatic heterocycles. The molecule has 0 saturated carbocycles. The maximum atomic E-state index is 9.17. The fraction of sp³-hybridized carbons (Fsp3) is 0.143. The van der Waals surface area contributed by atoms with Crippen molar-refractivity contribution in [3.63, 3.8) is 0 Å². The maximum Gasteiger partial charge on any atom is 4.00 e. The summed E-state index contributed by atoms with van der Waals surface area (Å²) in [5, 5.41) is 20.3. The SMILES string of the molecule is C=CCO[C-]=O.O=[C-]O.O=[C-]O.O=[C-]O.[Sn+4]. The van der Waals surface area contributed by atoms with E-state index < -0.39 is 0 Å². The number of aliphatic hydroxyl groups excluding tert-OH is 3. The molecule has 0 bridgehead atoms. The second kappa shape index (κ2) is 70.5. The molecule has 9 heteroatoms. The summed E-state index contributed by atoms with van der Waals surface area (Å²) in [6, 6.07) is 0. The Labute approximate surface area is 108 Å². The molecule has 0 amide bonds. The van der Waals surface area contributed by atoms with Crippen molar-refractivity contribution in [3.05, 3.63) is 12.7 Å². The van der Waals surface area contributed by atoms with E-state index in [-0.39, 0.29) is 30.5 Å². The van der Waals surface area contributed by atoms with Crippen LogP contribution < -0.4 is 0 Å². The minimum Gasteiger partial charge on any atom is -0.665 e. The van der Waals surface area contributed by atoms with E-state index in [4.69, 9.17) is 34.5 Å². The zero-order valence-electron chi connectivity index (χ0n) is 7.87. The van der Waals surface area contributed by atoms with Gasteiger partial charge in [-0.3, -0.25) is 0 Å². The number of hydrogen-bond acceptors (Lipinski definition) is 5. The van der Waals surface area contributed by atoms with E-state index in [9.17, 15) is 0 Å². The smallest absolute Gasteiger partial charge is 0.665 e. The van der Waals surface area contributed by atoms with Crippen LogP contribution in [0.25, 0.3) is 0 Å². The van der Waals surface area contributed by atoms with Crippen LogP contribution in [-0.2, 0) is 23.9 Å². The van der Waals surface area contributed by atoms with E-state index in [1.165, 1.54) is 12.5 Å². The van der Waals surface area contributed by atoms with Gasteiger partial charge >= 0.3 is 23.9 Å². The van der Waals surface area contributed by atoms with Crippen molar-refractivity contribution in [2.24, 2.45) is 0 Å². The van der Waals surface area contributed by atoms with Gasteiger partial charge in [-0.05, 0) is 0 Å². The summed E-state index contributed by atoms with van der Waals surface area (Å²) in [6.45, 7) is 6.30. The molecule has 0 aromatic heterocycles. The van der Waals surface area contributed by atoms with Crippen molar-refractivity contribution in [2.75, 3.05) is 6.61 Å². The van der Waals surface area contributed by atoms with Gasteiger partial charge in [0.1, 0.15) is 0 Å². The first-order valence-corrected chi connectivity index (χ1v) is 2.80. The third kappa shape index (κ3) is 805. The summed E-state index contributed by atoms with van der Waals surface area (Å²) < 4.78 is 4.06. The molecule has 0 aromatic carbocycles. The predicted molar refractivity (Wildman–Crippen MR) is 52.6 cm³/mol. The molecule has 0 atom stereocenters. The van der Waals surface area contributed by atoms with Gasteiger partial charge in [-0.15, -0.1) is 0 Å². The third-order valence-electron chi connectivity index (χ3n) is 0.260. The molecule has 0 fully saturated rings. The summed E-state index contributed by atoms with van der Waals surface area (Å²) in [5.74, 6) is 0. The molecule has 88 valence electrons. The molecule has 0 saturated heterocycles. The quantitative estimate of drug-likeness (QED) is 0.250. The van der Waals surface area contributed by atoms with Crippen LogP contribution in [0.2, 0.25) is 0 Å². The molecular formula is C7H8O8Sn. The molecule has 0 radical (unpaired) electrons. The first-order chi connectivity index (χ1) is 7.16. The Kier molecular flexibility index (Phi) is 129. The molecule has 3 N–H and O–H groups in total. The van der Waals surface area contributed by atoms with Gasteiger partial charge < -0.3 is 39.2 Å². The van der Waals surface area contributed by atoms with Gasteiger partial charge in [0.05, 0.1) is 6.61 Å². The molecular weight excluding hydrogens is 331 g/mol. The van der Waals surface area contributed by atoms with Gasteiger partial charge in [0.2, 0.25) is 0 Å². The standard InChI is InChI=1S/C4H5O2.3CHO2.Sn/c1-2-3-6-4-5;3*2-1-3;/h2H,1,3H2;3*(H,2,3);/q4*-1;+4. The Morgan fingerprint density at radius 3 is 1.31 bits per heavy atom. The molecule has 0 unspecified atom stereocenters. The van der Waals surface area contributed by atoms with Gasteiger partial charge in [0, 0.05) is 0 Å². The van der Waals surface area contributed by atoms with Crippen molar-refractivity contribution in [1.29, 1.82) is 0 Å². The van der Waals surface area contributed by atoms with E-state index in [2.05, 4.69) is 11.3 Å². The number of carbonyl (C=O) groups excluding carboxylic acids is 1. The van der Waals surface area contributed by atoms with Crippen molar-refractivity contribution < 1.29 is 39.2 Å². The maximum absolute atomic E-state index is 9.17. The first-order valence-electron chi connectivity index (χ1n) is 2.80. The Morgan fingerprint density at radius 2 is 1.25 bits per heavy atom. The zero-order chi connectivity index (χ0) is 12.9. The van der Waals surface area contributed by atoms with E-state index in [1.807, 2.05) is 0 Å². The molecule has 0 spiro atoms. The van der Waals surface area contributed by atoms with Crippen LogP contribution in [0.4, 0.5) is 0 Å². The van der Waals surface area contributed by atoms with Crippen LogP contribution in [-0.4, -0.2) is 71.7 Å². The predicted octanol–water partition coefficient (Wildman–Crippen LogP) is -1.29. The normalized spacial score (nSPS) is 4.75. The fourth-order valence-electron chi connectivity index (χ4n) is 0.0929. The molecule has 0 aliphatic rings. The monoisotopic (exact) mass is 340 g/mol. The van der Waals surface area contributed by atoms with Crippen molar-refractivity contribution in [1.82, 2.24) is 0 Å². The van der Waals surface area contributed by atoms with Crippen LogP contribution in [0.3, 0.4) is 0 Å². The van der Waals surface area contributed by atoms with Gasteiger partial charge in [0.25, 0.3) is 0 Å². The van der Waals surface area contributed by atoms with Crippen LogP contribution in [0.15, 0.2) is 12.7 Å². The van der Waals surface area contributed by atoms with Gasteiger partial charge in [-0.1, -0.05) is 38.5 Å². The minimum atomic E-state index is 0. The summed E-state index contributed by atoms with van der Waals surface area (Å²) >= 11 is 0. The van der Waals surface area contributed by atoms with Crippen molar-refractivity contribution in [3.8, 4) is 0 Å². The van der Waals surface area contributed by atoms with E-state index in [0.29, 0.717) is 19.4 Å². The third-order valence-corrected chi connectivity index (χ3v) is 0.260. The van der Waals surface area contributed by atoms with E-state index in [0.717, 1.165) is 0 Å². The molecule has 0 rings (SSSR count). The summed E-state index contributed by atoms with van der Waals surface area (Å²) in [6.07, 6.45) is 1.48. The fourth-order valence-corrected chi connectivity index (χ4v) is 0.0929. The van der Waals surface area contributed by atoms with Gasteiger partial charge in [-0.25, -0.2) is 0 Å². The zero-order valence-corrected chi connectivity index (χ0v) is 10.7. The summed E-state index contributed by atoms with van der Waals surface area (Å²) in [7, 11) is 0. The molecule has 0 aromatic rings. The number of ether oxygens (including phenoxy) is 1. The topological polar surface area (TPSA) is 138 Å². The molecule has 0 aliphatic carbocycles. The Hall–Kier alpha value is -1.58. The van der Waals surface area contributed by atoms with Crippen LogP contribution >= 0.6 is 0 Å². The number of hydrogen-bond donors (Lipinski definition) is 3. The largest absolute Gasteiger partial charge is 4.00 e. The summed E-state index contributed by atoms with van der Waals surface area (Å²) in [5.41, 5.74) is 0. The van der Waals surface area contributed by atoms with Gasteiger partial charge in [-0.2, -0.15) is 0 Å². The van der Waals surface area contributed by atoms with Crippen LogP contribution in [0.1, 0.15) is 0 Å². The minimum absolute atomic E-state index is 0. The Balaban J connectivity index is -0.0000000353. The average Bonchev–Trinajstić information content (AvgIpc) is 2.18. The Bertz CT molecular complexity index is 127. The second-order valence-electron chi connectivity index (χ2n) is 0.957. The number of rotatable bonds is 3. The molecule has 16 heavy (non-hydrogen) atoms. The van der Waals surface area contributed by atoms with Crippen molar-refractivity contribution >= 4 is 49.8 Å². The average molecular weight is 339 g/mol. The molecule has 0 heterocycles. The van der Waals surface area contributed by atoms with Gasteiger partial charge in [0.15, 0.2) is 0 Å².